The number of ether oxygens (including phenoxy) is 2. The van der Waals surface area contributed by atoms with Crippen LogP contribution in [0.3, 0.4) is 0 Å². The lowest BCUT2D eigenvalue weighted by Gasteiger charge is -2.35. The van der Waals surface area contributed by atoms with Crippen molar-refractivity contribution in [3.05, 3.63) is 29.8 Å². The zero-order valence-corrected chi connectivity index (χ0v) is 18.4. The molecule has 2 rings (SSSR count). The predicted octanol–water partition coefficient (Wildman–Crippen LogP) is 2.86. The van der Waals surface area contributed by atoms with E-state index in [2.05, 4.69) is 24.1 Å². The molecular weight excluding hydrogens is 370 g/mol. The second-order valence-electron chi connectivity index (χ2n) is 8.67. The standard InChI is InChI=1S/C22H35N3O4/c1-17(2)18-6-8-19(9-7-18)28-16-20(26)23-10-11-24-12-14-25(15-13-24)21(27)29-22(3,4)5/h6-9,17H,10-16H2,1-5H3,(H,23,26). The maximum Gasteiger partial charge on any atom is 0.410 e. The first-order valence-electron chi connectivity index (χ1n) is 10.3. The highest BCUT2D eigenvalue weighted by Crippen LogP contribution is 2.18. The molecule has 1 fully saturated rings. The molecule has 0 saturated carbocycles. The first-order chi connectivity index (χ1) is 13.6. The Morgan fingerprint density at radius 3 is 2.24 bits per heavy atom. The van der Waals surface area contributed by atoms with Crippen molar-refractivity contribution in [2.45, 2.75) is 46.1 Å². The van der Waals surface area contributed by atoms with E-state index in [0.29, 0.717) is 31.3 Å². The molecule has 1 N–H and O–H groups in total. The Kier molecular flexibility index (Phi) is 8.32. The van der Waals surface area contributed by atoms with Gasteiger partial charge in [-0.05, 0) is 44.4 Å². The van der Waals surface area contributed by atoms with E-state index in [4.69, 9.17) is 9.47 Å². The summed E-state index contributed by atoms with van der Waals surface area (Å²) in [6.45, 7) is 14.0. The fraction of sp³-hybridized carbons (Fsp3) is 0.636. The van der Waals surface area contributed by atoms with Crippen molar-refractivity contribution in [2.75, 3.05) is 45.9 Å². The van der Waals surface area contributed by atoms with Crippen LogP contribution in [0.1, 0.15) is 46.1 Å². The molecule has 7 nitrogen and oxygen atoms in total. The van der Waals surface area contributed by atoms with Crippen molar-refractivity contribution in [3.63, 3.8) is 0 Å². The molecule has 1 aliphatic rings. The number of nitrogens with zero attached hydrogens (tertiary/aromatic N) is 2. The minimum atomic E-state index is -0.475. The van der Waals surface area contributed by atoms with Gasteiger partial charge in [0.1, 0.15) is 11.4 Å². The molecule has 29 heavy (non-hydrogen) atoms. The lowest BCUT2D eigenvalue weighted by Crippen LogP contribution is -2.51. The average Bonchev–Trinajstić information content (AvgIpc) is 2.66. The quantitative estimate of drug-likeness (QED) is 0.755. The Morgan fingerprint density at radius 1 is 1.07 bits per heavy atom. The van der Waals surface area contributed by atoms with Crippen LogP contribution >= 0.6 is 0 Å². The molecule has 1 aliphatic heterocycles. The van der Waals surface area contributed by atoms with E-state index in [0.717, 1.165) is 19.6 Å². The van der Waals surface area contributed by atoms with E-state index < -0.39 is 5.60 Å². The van der Waals surface area contributed by atoms with Crippen LogP contribution in [0.2, 0.25) is 0 Å². The van der Waals surface area contributed by atoms with Crippen molar-refractivity contribution >= 4 is 12.0 Å². The second kappa shape index (κ2) is 10.5. The zero-order chi connectivity index (χ0) is 21.4. The van der Waals surface area contributed by atoms with E-state index in [1.165, 1.54) is 5.56 Å². The highest BCUT2D eigenvalue weighted by Gasteiger charge is 2.25. The SMILES string of the molecule is CC(C)c1ccc(OCC(=O)NCCN2CCN(C(=O)OC(C)(C)C)CC2)cc1. The van der Waals surface area contributed by atoms with Gasteiger partial charge in [0.25, 0.3) is 5.91 Å². The summed E-state index contributed by atoms with van der Waals surface area (Å²) in [7, 11) is 0. The number of nitrogens with one attached hydrogen (secondary N) is 1. The molecular formula is C22H35N3O4. The molecule has 162 valence electrons. The van der Waals surface area contributed by atoms with Crippen LogP contribution in [0, 0.1) is 0 Å². The van der Waals surface area contributed by atoms with Gasteiger partial charge in [-0.25, -0.2) is 4.79 Å². The van der Waals surface area contributed by atoms with E-state index in [9.17, 15) is 9.59 Å². The Labute approximate surface area is 174 Å². The van der Waals surface area contributed by atoms with Gasteiger partial charge in [-0.15, -0.1) is 0 Å². The Morgan fingerprint density at radius 2 is 1.69 bits per heavy atom. The summed E-state index contributed by atoms with van der Waals surface area (Å²) in [6.07, 6.45) is -0.260. The van der Waals surface area contributed by atoms with Crippen LogP contribution in [-0.4, -0.2) is 73.3 Å². The van der Waals surface area contributed by atoms with Crippen LogP contribution in [0.25, 0.3) is 0 Å². The third-order valence-electron chi connectivity index (χ3n) is 4.69. The lowest BCUT2D eigenvalue weighted by molar-refractivity contribution is -0.123. The highest BCUT2D eigenvalue weighted by atomic mass is 16.6. The average molecular weight is 406 g/mol. The molecule has 0 unspecified atom stereocenters. The number of piperazine rings is 1. The zero-order valence-electron chi connectivity index (χ0n) is 18.4. The maximum atomic E-state index is 12.1. The number of rotatable bonds is 7. The number of amides is 2. The van der Waals surface area contributed by atoms with E-state index in [-0.39, 0.29) is 18.6 Å². The first kappa shape index (κ1) is 23.0. The Bertz CT molecular complexity index is 660. The summed E-state index contributed by atoms with van der Waals surface area (Å²) >= 11 is 0. The predicted molar refractivity (Wildman–Crippen MR) is 113 cm³/mol. The van der Waals surface area contributed by atoms with Crippen LogP contribution in [-0.2, 0) is 9.53 Å². The van der Waals surface area contributed by atoms with Gasteiger partial charge in [0, 0.05) is 39.3 Å². The minimum Gasteiger partial charge on any atom is -0.484 e. The molecule has 0 bridgehead atoms. The lowest BCUT2D eigenvalue weighted by atomic mass is 10.0. The molecule has 0 spiro atoms. The molecule has 1 aromatic carbocycles. The van der Waals surface area contributed by atoms with E-state index in [1.807, 2.05) is 45.0 Å². The van der Waals surface area contributed by atoms with Crippen LogP contribution < -0.4 is 10.1 Å². The van der Waals surface area contributed by atoms with E-state index >= 15 is 0 Å². The van der Waals surface area contributed by atoms with Crippen LogP contribution in [0.5, 0.6) is 5.75 Å². The molecule has 1 saturated heterocycles. The molecule has 1 heterocycles. The van der Waals surface area contributed by atoms with Crippen LogP contribution in [0.4, 0.5) is 4.79 Å². The van der Waals surface area contributed by atoms with Crippen molar-refractivity contribution in [1.82, 2.24) is 15.1 Å². The van der Waals surface area contributed by atoms with Gasteiger partial charge >= 0.3 is 6.09 Å². The molecule has 7 heteroatoms. The summed E-state index contributed by atoms with van der Waals surface area (Å²) < 4.78 is 10.9. The molecule has 2 amide bonds. The number of benzene rings is 1. The first-order valence-corrected chi connectivity index (χ1v) is 10.3. The van der Waals surface area contributed by atoms with Crippen molar-refractivity contribution in [3.8, 4) is 5.75 Å². The fourth-order valence-corrected chi connectivity index (χ4v) is 2.98. The summed E-state index contributed by atoms with van der Waals surface area (Å²) in [6, 6.07) is 7.84. The third kappa shape index (κ3) is 8.31. The topological polar surface area (TPSA) is 71.1 Å². The number of hydrogen-bond acceptors (Lipinski definition) is 5. The third-order valence-corrected chi connectivity index (χ3v) is 4.69. The van der Waals surface area contributed by atoms with Gasteiger partial charge in [-0.2, -0.15) is 0 Å². The normalized spacial score (nSPS) is 15.3. The molecule has 0 radical (unpaired) electrons. The van der Waals surface area contributed by atoms with Crippen molar-refractivity contribution < 1.29 is 19.1 Å². The Hall–Kier alpha value is -2.28. The molecule has 0 aliphatic carbocycles. The maximum absolute atomic E-state index is 12.1. The Balaban J connectivity index is 1.60. The monoisotopic (exact) mass is 405 g/mol. The molecule has 0 atom stereocenters. The summed E-state index contributed by atoms with van der Waals surface area (Å²) in [5.74, 6) is 1.03. The summed E-state index contributed by atoms with van der Waals surface area (Å²) in [4.78, 5) is 28.0. The van der Waals surface area contributed by atoms with Gasteiger partial charge in [0.05, 0.1) is 0 Å². The van der Waals surface area contributed by atoms with Gasteiger partial charge in [-0.3, -0.25) is 9.69 Å². The highest BCUT2D eigenvalue weighted by molar-refractivity contribution is 5.77. The van der Waals surface area contributed by atoms with E-state index in [1.54, 1.807) is 4.90 Å². The van der Waals surface area contributed by atoms with Gasteiger partial charge in [0.2, 0.25) is 0 Å². The minimum absolute atomic E-state index is 0.00739. The number of carbonyl (C=O) groups is 2. The van der Waals surface area contributed by atoms with Crippen LogP contribution in [0.15, 0.2) is 24.3 Å². The second-order valence-corrected chi connectivity index (χ2v) is 8.67. The smallest absolute Gasteiger partial charge is 0.410 e. The number of carbonyl (C=O) groups excluding carboxylic acids is 2. The van der Waals surface area contributed by atoms with Gasteiger partial charge < -0.3 is 19.7 Å². The fourth-order valence-electron chi connectivity index (χ4n) is 2.98. The molecule has 1 aromatic rings. The summed E-state index contributed by atoms with van der Waals surface area (Å²) in [5, 5.41) is 2.88. The van der Waals surface area contributed by atoms with Gasteiger partial charge in [0.15, 0.2) is 6.61 Å². The molecule has 0 aromatic heterocycles. The largest absolute Gasteiger partial charge is 0.484 e. The number of hydrogen-bond donors (Lipinski definition) is 1. The van der Waals surface area contributed by atoms with Crippen molar-refractivity contribution in [2.24, 2.45) is 0 Å². The van der Waals surface area contributed by atoms with Gasteiger partial charge in [-0.1, -0.05) is 26.0 Å². The summed E-state index contributed by atoms with van der Waals surface area (Å²) in [5.41, 5.74) is 0.769. The van der Waals surface area contributed by atoms with Crippen molar-refractivity contribution in [1.29, 1.82) is 0 Å².